The van der Waals surface area contributed by atoms with Crippen LogP contribution in [0.3, 0.4) is 0 Å². The first kappa shape index (κ1) is 38.5. The van der Waals surface area contributed by atoms with Gasteiger partial charge in [0.25, 0.3) is 6.71 Å². The lowest BCUT2D eigenvalue weighted by atomic mass is 9.33. The predicted molar refractivity (Wildman–Crippen MR) is 293 cm³/mol. The molecular formula is C67H51BN2. The number of hydrogen-bond donors (Lipinski definition) is 0. The van der Waals surface area contributed by atoms with E-state index in [0.717, 1.165) is 0 Å². The van der Waals surface area contributed by atoms with E-state index in [4.69, 9.17) is 0 Å². The number of fused-ring (bicyclic) bond motifs is 13. The summed E-state index contributed by atoms with van der Waals surface area (Å²) in [5.41, 5.74) is 30.3. The second kappa shape index (κ2) is 13.5. The Morgan fingerprint density at radius 2 is 1.07 bits per heavy atom. The molecule has 2 fully saturated rings. The van der Waals surface area contributed by atoms with Crippen molar-refractivity contribution in [3.05, 3.63) is 208 Å². The molecular weight excluding hydrogens is 844 g/mol. The summed E-state index contributed by atoms with van der Waals surface area (Å²) in [6.07, 6.45) is 10.4. The first-order chi connectivity index (χ1) is 34.6. The maximum Gasteiger partial charge on any atom is 0.253 e. The van der Waals surface area contributed by atoms with Crippen LogP contribution >= 0.6 is 0 Å². The van der Waals surface area contributed by atoms with Crippen molar-refractivity contribution in [2.75, 3.05) is 0 Å². The van der Waals surface area contributed by atoms with Gasteiger partial charge >= 0.3 is 0 Å². The van der Waals surface area contributed by atoms with Crippen LogP contribution in [0.4, 0.5) is 0 Å². The molecule has 3 heteroatoms. The van der Waals surface area contributed by atoms with Gasteiger partial charge in [-0.3, -0.25) is 0 Å². The summed E-state index contributed by atoms with van der Waals surface area (Å²) < 4.78 is 5.59. The highest BCUT2D eigenvalue weighted by atomic mass is 15.1. The zero-order valence-corrected chi connectivity index (χ0v) is 39.9. The number of benzene rings is 9. The summed E-state index contributed by atoms with van der Waals surface area (Å²) in [5, 5.41) is 6.94. The molecule has 0 atom stereocenters. The molecule has 5 heterocycles. The summed E-state index contributed by atoms with van der Waals surface area (Å²) >= 11 is 0. The summed E-state index contributed by atoms with van der Waals surface area (Å²) in [6.45, 7) is 4.65. The zero-order valence-electron chi connectivity index (χ0n) is 39.9. The standard InChI is InChI=1S/C67H51BN2/c1-38-25-27-48-49-28-26-39(2)32-55(49)67(54(48)31-38)53-29-30-58-61-66(53)70-63-50(34-45(36-56(63)67)40-15-9-10-16-40)51-35-46(41-17-11-12-18-41)37-57(64(51)70)68(61)60-47-24-14-13-23-44(47)33-52-59(42-19-5-3-6-20-42)62(69(58)65(52)60)43-21-7-4-8-22-43/h3-8,13-14,19-37,40-41H,9-12,15-18H2,1-2H3. The molecule has 6 aliphatic rings. The molecule has 17 rings (SSSR count). The predicted octanol–water partition coefficient (Wildman–Crippen LogP) is 15.0. The zero-order chi connectivity index (χ0) is 45.7. The number of hydrogen-bond acceptors (Lipinski definition) is 0. The molecule has 0 N–H and O–H groups in total. The van der Waals surface area contributed by atoms with Crippen LogP contribution in [0.5, 0.6) is 0 Å². The molecule has 9 aromatic carbocycles. The summed E-state index contributed by atoms with van der Waals surface area (Å²) in [4.78, 5) is 0. The average Bonchev–Trinajstić information content (AvgIpc) is 4.27. The Kier molecular flexibility index (Phi) is 7.42. The third-order valence-electron chi connectivity index (χ3n) is 18.6. The van der Waals surface area contributed by atoms with Gasteiger partial charge in [0.2, 0.25) is 0 Å². The van der Waals surface area contributed by atoms with Crippen molar-refractivity contribution in [1.82, 2.24) is 9.13 Å². The van der Waals surface area contributed by atoms with Gasteiger partial charge < -0.3 is 9.13 Å². The molecule has 1 spiro atoms. The fraction of sp³-hybridized carbons (Fsp3) is 0.194. The molecule has 70 heavy (non-hydrogen) atoms. The van der Waals surface area contributed by atoms with Crippen molar-refractivity contribution in [2.45, 2.75) is 82.5 Å². The summed E-state index contributed by atoms with van der Waals surface area (Å²) in [7, 11) is 0. The maximum atomic E-state index is 2.85. The van der Waals surface area contributed by atoms with Crippen LogP contribution in [0.1, 0.15) is 108 Å². The second-order valence-corrected chi connectivity index (χ2v) is 22.1. The topological polar surface area (TPSA) is 9.86 Å². The third kappa shape index (κ3) is 4.60. The molecule has 332 valence electrons. The fourth-order valence-electron chi connectivity index (χ4n) is 15.9. The van der Waals surface area contributed by atoms with Crippen LogP contribution in [-0.4, -0.2) is 15.8 Å². The molecule has 0 amide bonds. The molecule has 0 unspecified atom stereocenters. The van der Waals surface area contributed by atoms with E-state index < -0.39 is 5.41 Å². The minimum Gasteiger partial charge on any atom is -0.310 e. The Hall–Kier alpha value is -7.36. The molecule has 2 saturated carbocycles. The molecule has 0 saturated heterocycles. The SMILES string of the molecule is Cc1ccc2c(c1)C1(c3cc(C)ccc3-2)c2ccc3c4c2-n2c5c(cc(C6CCCC6)cc5c5cc(C6CCCC6)cc1c52)B4c1c2ccccc2cc2c(-c4ccccc4)c(-c4ccccc4)n-3c12. The van der Waals surface area contributed by atoms with Crippen LogP contribution in [0, 0.1) is 13.8 Å². The highest BCUT2D eigenvalue weighted by Gasteiger charge is 2.55. The Bertz CT molecular complexity index is 4100. The second-order valence-electron chi connectivity index (χ2n) is 22.1. The van der Waals surface area contributed by atoms with Crippen molar-refractivity contribution in [3.63, 3.8) is 0 Å². The lowest BCUT2D eigenvalue weighted by Gasteiger charge is -2.44. The lowest BCUT2D eigenvalue weighted by molar-refractivity contribution is 0.709. The van der Waals surface area contributed by atoms with E-state index in [2.05, 4.69) is 187 Å². The Labute approximate surface area is 409 Å². The van der Waals surface area contributed by atoms with Gasteiger partial charge in [0.1, 0.15) is 0 Å². The average molecular weight is 895 g/mol. The van der Waals surface area contributed by atoms with Crippen LogP contribution in [-0.2, 0) is 5.41 Å². The normalized spacial score (nSPS) is 16.8. The highest BCUT2D eigenvalue weighted by molar-refractivity contribution is 7.01. The molecule has 0 radical (unpaired) electrons. The minimum absolute atomic E-state index is 0.0251. The Morgan fingerprint density at radius 1 is 0.457 bits per heavy atom. The smallest absolute Gasteiger partial charge is 0.253 e. The summed E-state index contributed by atoms with van der Waals surface area (Å²) in [6, 6.07) is 65.3. The van der Waals surface area contributed by atoms with Gasteiger partial charge in [-0.05, 0) is 158 Å². The van der Waals surface area contributed by atoms with E-state index in [-0.39, 0.29) is 6.71 Å². The van der Waals surface area contributed by atoms with Crippen molar-refractivity contribution in [3.8, 4) is 44.9 Å². The molecule has 0 bridgehead atoms. The van der Waals surface area contributed by atoms with Crippen LogP contribution < -0.4 is 16.4 Å². The number of rotatable bonds is 4. The van der Waals surface area contributed by atoms with Gasteiger partial charge in [-0.25, -0.2) is 0 Å². The van der Waals surface area contributed by atoms with Gasteiger partial charge in [-0.1, -0.05) is 176 Å². The first-order valence-electron chi connectivity index (χ1n) is 26.3. The van der Waals surface area contributed by atoms with Crippen molar-refractivity contribution in [1.29, 1.82) is 0 Å². The fourth-order valence-corrected chi connectivity index (χ4v) is 15.9. The van der Waals surface area contributed by atoms with Crippen molar-refractivity contribution < 1.29 is 0 Å². The van der Waals surface area contributed by atoms with Gasteiger partial charge in [0.15, 0.2) is 0 Å². The minimum atomic E-state index is -0.511. The van der Waals surface area contributed by atoms with Gasteiger partial charge in [-0.2, -0.15) is 0 Å². The van der Waals surface area contributed by atoms with Crippen molar-refractivity contribution >= 4 is 66.6 Å². The molecule has 3 aliphatic carbocycles. The number of aromatic nitrogens is 2. The van der Waals surface area contributed by atoms with E-state index in [1.165, 1.54) is 190 Å². The van der Waals surface area contributed by atoms with E-state index in [9.17, 15) is 0 Å². The van der Waals surface area contributed by atoms with Gasteiger partial charge in [0.05, 0.1) is 22.1 Å². The highest BCUT2D eigenvalue weighted by Crippen LogP contribution is 2.63. The van der Waals surface area contributed by atoms with Crippen molar-refractivity contribution in [2.24, 2.45) is 0 Å². The number of nitrogens with zero attached hydrogens (tertiary/aromatic N) is 2. The first-order valence-corrected chi connectivity index (χ1v) is 26.3. The van der Waals surface area contributed by atoms with Crippen LogP contribution in [0.2, 0.25) is 0 Å². The molecule has 2 nitrogen and oxygen atoms in total. The number of aryl methyl sites for hydroxylation is 2. The maximum absolute atomic E-state index is 2.85. The Balaban J connectivity index is 1.14. The largest absolute Gasteiger partial charge is 0.310 e. The van der Waals surface area contributed by atoms with Crippen LogP contribution in [0.15, 0.2) is 164 Å². The third-order valence-corrected chi connectivity index (χ3v) is 18.6. The molecule has 11 aromatic rings. The quantitative estimate of drug-likeness (QED) is 0.156. The van der Waals surface area contributed by atoms with Crippen LogP contribution in [0.25, 0.3) is 88.4 Å². The van der Waals surface area contributed by atoms with E-state index in [0.29, 0.717) is 11.8 Å². The monoisotopic (exact) mass is 894 g/mol. The lowest BCUT2D eigenvalue weighted by Crippen LogP contribution is -2.60. The van der Waals surface area contributed by atoms with Gasteiger partial charge in [0, 0.05) is 38.6 Å². The molecule has 3 aliphatic heterocycles. The van der Waals surface area contributed by atoms with Gasteiger partial charge in [-0.15, -0.1) is 0 Å². The van der Waals surface area contributed by atoms with E-state index in [1.54, 1.807) is 11.1 Å². The van der Waals surface area contributed by atoms with E-state index >= 15 is 0 Å². The van der Waals surface area contributed by atoms with E-state index in [1.807, 2.05) is 0 Å². The summed E-state index contributed by atoms with van der Waals surface area (Å²) in [5.74, 6) is 1.16. The Morgan fingerprint density at radius 3 is 1.76 bits per heavy atom. The molecule has 2 aromatic heterocycles.